The molecule has 0 radical (unpaired) electrons. The van der Waals surface area contributed by atoms with Crippen molar-refractivity contribution in [1.29, 1.82) is 0 Å². The fraction of sp³-hybridized carbons (Fsp3) is 0.286. The second kappa shape index (κ2) is 3.88. The summed E-state index contributed by atoms with van der Waals surface area (Å²) in [5.74, 6) is 0. The molecule has 1 aromatic heterocycles. The van der Waals surface area contributed by atoms with E-state index in [1.54, 1.807) is 0 Å². The highest BCUT2D eigenvalue weighted by Crippen LogP contribution is 2.20. The molecular weight excluding hydrogens is 224 g/mol. The van der Waals surface area contributed by atoms with Crippen molar-refractivity contribution in [2.75, 3.05) is 11.1 Å². The van der Waals surface area contributed by atoms with Gasteiger partial charge in [-0.25, -0.2) is 4.98 Å². The maximum absolute atomic E-state index is 5.51. The molecule has 0 fully saturated rings. The van der Waals surface area contributed by atoms with Gasteiger partial charge in [0.15, 0.2) is 5.13 Å². The molecule has 1 rings (SSSR count). The molecule has 60 valence electrons. The normalized spacial score (nSPS) is 11.1. The van der Waals surface area contributed by atoms with Crippen LogP contribution in [-0.4, -0.2) is 10.3 Å². The van der Waals surface area contributed by atoms with Crippen molar-refractivity contribution in [1.82, 2.24) is 4.98 Å². The Hall–Kier alpha value is -0.350. The van der Waals surface area contributed by atoms with Gasteiger partial charge < -0.3 is 5.73 Å². The van der Waals surface area contributed by atoms with Crippen LogP contribution in [-0.2, 0) is 0 Å². The van der Waals surface area contributed by atoms with Gasteiger partial charge >= 0.3 is 0 Å². The van der Waals surface area contributed by atoms with Crippen LogP contribution in [0.2, 0.25) is 0 Å². The van der Waals surface area contributed by atoms with Crippen molar-refractivity contribution in [3.63, 3.8) is 0 Å². The Balaban J connectivity index is 2.85. The Labute approximate surface area is 78.3 Å². The van der Waals surface area contributed by atoms with E-state index in [0.29, 0.717) is 5.13 Å². The molecule has 11 heavy (non-hydrogen) atoms. The van der Waals surface area contributed by atoms with Gasteiger partial charge in [0.05, 0.1) is 10.6 Å². The highest BCUT2D eigenvalue weighted by atomic mass is 79.9. The molecule has 0 atom stereocenters. The topological polar surface area (TPSA) is 38.9 Å². The summed E-state index contributed by atoms with van der Waals surface area (Å²) >= 11 is 4.82. The lowest BCUT2D eigenvalue weighted by Gasteiger charge is -1.83. The Morgan fingerprint density at radius 3 is 2.91 bits per heavy atom. The summed E-state index contributed by atoms with van der Waals surface area (Å²) in [6, 6.07) is 0. The zero-order chi connectivity index (χ0) is 8.27. The summed E-state index contributed by atoms with van der Waals surface area (Å²) in [5.41, 5.74) is 6.52. The molecule has 2 N–H and O–H groups in total. The number of nitrogens with two attached hydrogens (primary N) is 1. The molecule has 0 amide bonds. The van der Waals surface area contributed by atoms with Gasteiger partial charge in [-0.2, -0.15) is 0 Å². The van der Waals surface area contributed by atoms with E-state index in [0.717, 1.165) is 15.9 Å². The largest absolute Gasteiger partial charge is 0.375 e. The van der Waals surface area contributed by atoms with Gasteiger partial charge in [-0.3, -0.25) is 0 Å². The number of nitrogen functional groups attached to an aromatic ring is 1. The van der Waals surface area contributed by atoms with E-state index in [9.17, 15) is 0 Å². The summed E-state index contributed by atoms with van der Waals surface area (Å²) in [5, 5.41) is 1.50. The minimum atomic E-state index is 0.636. The Bertz CT molecular complexity index is 267. The number of aryl methyl sites for hydroxylation is 1. The van der Waals surface area contributed by atoms with Gasteiger partial charge in [0.1, 0.15) is 0 Å². The summed E-state index contributed by atoms with van der Waals surface area (Å²) in [7, 11) is 0. The van der Waals surface area contributed by atoms with Crippen LogP contribution in [0.3, 0.4) is 0 Å². The number of aromatic nitrogens is 1. The van der Waals surface area contributed by atoms with Crippen molar-refractivity contribution >= 4 is 38.5 Å². The number of alkyl halides is 1. The second-order valence-electron chi connectivity index (χ2n) is 2.06. The maximum atomic E-state index is 5.51. The smallest absolute Gasteiger partial charge is 0.180 e. The number of rotatable bonds is 2. The number of hydrogen-bond acceptors (Lipinski definition) is 3. The lowest BCUT2D eigenvalue weighted by molar-refractivity contribution is 1.26. The standard InChI is InChI=1S/C7H9BrN2S/c1-5-6(3-2-4-8)11-7(9)10-5/h2-3H,4H2,1H3,(H2,9,10). The second-order valence-corrected chi connectivity index (χ2v) is 3.77. The van der Waals surface area contributed by atoms with Gasteiger partial charge in [0.25, 0.3) is 0 Å². The van der Waals surface area contributed by atoms with Crippen molar-refractivity contribution in [3.8, 4) is 0 Å². The lowest BCUT2D eigenvalue weighted by Crippen LogP contribution is -1.80. The summed E-state index contributed by atoms with van der Waals surface area (Å²) in [6.45, 7) is 1.96. The first-order valence-electron chi connectivity index (χ1n) is 3.19. The average molecular weight is 233 g/mol. The molecule has 4 heteroatoms. The summed E-state index contributed by atoms with van der Waals surface area (Å²) < 4.78 is 0. The highest BCUT2D eigenvalue weighted by molar-refractivity contribution is 9.09. The fourth-order valence-electron chi connectivity index (χ4n) is 0.736. The first-order chi connectivity index (χ1) is 5.24. The molecule has 0 aliphatic rings. The number of nitrogens with zero attached hydrogens (tertiary/aromatic N) is 1. The van der Waals surface area contributed by atoms with Crippen molar-refractivity contribution in [2.24, 2.45) is 0 Å². The SMILES string of the molecule is Cc1nc(N)sc1C=CCBr. The molecule has 0 saturated heterocycles. The first-order valence-corrected chi connectivity index (χ1v) is 5.13. The minimum absolute atomic E-state index is 0.636. The van der Waals surface area contributed by atoms with Gasteiger partial charge in [0.2, 0.25) is 0 Å². The number of thiazole rings is 1. The fourth-order valence-corrected chi connectivity index (χ4v) is 1.69. The molecular formula is C7H9BrN2S. The first kappa shape index (κ1) is 8.74. The molecule has 0 spiro atoms. The van der Waals surface area contributed by atoms with E-state index >= 15 is 0 Å². The zero-order valence-corrected chi connectivity index (χ0v) is 8.58. The quantitative estimate of drug-likeness (QED) is 0.797. The molecule has 0 aliphatic heterocycles. The van der Waals surface area contributed by atoms with Crippen LogP contribution in [0.4, 0.5) is 5.13 Å². The highest BCUT2D eigenvalue weighted by Gasteiger charge is 1.99. The number of hydrogen-bond donors (Lipinski definition) is 1. The predicted octanol–water partition coefficient (Wildman–Crippen LogP) is 2.44. The van der Waals surface area contributed by atoms with Crippen molar-refractivity contribution in [2.45, 2.75) is 6.92 Å². The van der Waals surface area contributed by atoms with E-state index < -0.39 is 0 Å². The average Bonchev–Trinajstić information content (AvgIpc) is 2.26. The molecule has 2 nitrogen and oxygen atoms in total. The predicted molar refractivity (Wildman–Crippen MR) is 54.1 cm³/mol. The molecule has 1 heterocycles. The Morgan fingerprint density at radius 2 is 2.45 bits per heavy atom. The summed E-state index contributed by atoms with van der Waals surface area (Å²) in [4.78, 5) is 5.23. The van der Waals surface area contributed by atoms with Crippen LogP contribution in [0.25, 0.3) is 6.08 Å². The van der Waals surface area contributed by atoms with Crippen LogP contribution >= 0.6 is 27.3 Å². The van der Waals surface area contributed by atoms with Gasteiger partial charge in [-0.05, 0) is 13.0 Å². The van der Waals surface area contributed by atoms with Crippen LogP contribution < -0.4 is 5.73 Å². The molecule has 0 bridgehead atoms. The third kappa shape index (κ3) is 2.31. The van der Waals surface area contributed by atoms with Crippen LogP contribution in [0.15, 0.2) is 6.08 Å². The van der Waals surface area contributed by atoms with E-state index in [1.807, 2.05) is 19.1 Å². The number of allylic oxidation sites excluding steroid dienone is 1. The Kier molecular flexibility index (Phi) is 3.08. The van der Waals surface area contributed by atoms with E-state index in [1.165, 1.54) is 11.3 Å². The number of halogens is 1. The van der Waals surface area contributed by atoms with Crippen LogP contribution in [0.1, 0.15) is 10.6 Å². The monoisotopic (exact) mass is 232 g/mol. The van der Waals surface area contributed by atoms with E-state index in [4.69, 9.17) is 5.73 Å². The molecule has 0 aromatic carbocycles. The third-order valence-electron chi connectivity index (χ3n) is 1.21. The third-order valence-corrected chi connectivity index (χ3v) is 2.53. The van der Waals surface area contributed by atoms with Gasteiger partial charge in [-0.15, -0.1) is 0 Å². The minimum Gasteiger partial charge on any atom is -0.375 e. The van der Waals surface area contributed by atoms with Gasteiger partial charge in [-0.1, -0.05) is 33.3 Å². The van der Waals surface area contributed by atoms with Crippen LogP contribution in [0, 0.1) is 6.92 Å². The van der Waals surface area contributed by atoms with Crippen molar-refractivity contribution in [3.05, 3.63) is 16.6 Å². The molecule has 0 aliphatic carbocycles. The molecule has 1 aromatic rings. The number of anilines is 1. The van der Waals surface area contributed by atoms with E-state index in [-0.39, 0.29) is 0 Å². The zero-order valence-electron chi connectivity index (χ0n) is 6.17. The lowest BCUT2D eigenvalue weighted by atomic mass is 10.4. The summed E-state index contributed by atoms with van der Waals surface area (Å²) in [6.07, 6.45) is 4.05. The Morgan fingerprint density at radius 1 is 1.73 bits per heavy atom. The van der Waals surface area contributed by atoms with Gasteiger partial charge in [0, 0.05) is 5.33 Å². The van der Waals surface area contributed by atoms with Crippen molar-refractivity contribution < 1.29 is 0 Å². The van der Waals surface area contributed by atoms with Crippen LogP contribution in [0.5, 0.6) is 0 Å². The van der Waals surface area contributed by atoms with E-state index in [2.05, 4.69) is 20.9 Å². The molecule has 0 saturated carbocycles. The molecule has 0 unspecified atom stereocenters. The maximum Gasteiger partial charge on any atom is 0.180 e.